The number of hydrogen-bond acceptors (Lipinski definition) is 3. The number of hydrogen-bond donors (Lipinski definition) is 1. The topological polar surface area (TPSA) is 24.9 Å². The predicted molar refractivity (Wildman–Crippen MR) is 74.4 cm³/mol. The lowest BCUT2D eigenvalue weighted by Gasteiger charge is -2.31. The van der Waals surface area contributed by atoms with Crippen molar-refractivity contribution in [1.82, 2.24) is 10.3 Å². The highest BCUT2D eigenvalue weighted by atomic mass is 32.1. The van der Waals surface area contributed by atoms with E-state index in [1.807, 2.05) is 17.5 Å². The van der Waals surface area contributed by atoms with Crippen molar-refractivity contribution in [2.24, 2.45) is 5.92 Å². The Balaban J connectivity index is 1.87. The molecule has 0 saturated heterocycles. The standard InChI is InChI=1S/C14H24N2S/c1-4-12-6-5-7-13(8-12)16-11(3)14-15-9-10(2)17-14/h9,11-13,16H,4-8H2,1-3H3. The summed E-state index contributed by atoms with van der Waals surface area (Å²) < 4.78 is 0. The average Bonchev–Trinajstić information content (AvgIpc) is 2.76. The maximum Gasteiger partial charge on any atom is 0.109 e. The Hall–Kier alpha value is -0.410. The molecular formula is C14H24N2S. The Morgan fingerprint density at radius 3 is 3.00 bits per heavy atom. The minimum absolute atomic E-state index is 0.411. The number of nitrogens with one attached hydrogen (secondary N) is 1. The fourth-order valence-electron chi connectivity index (χ4n) is 2.81. The van der Waals surface area contributed by atoms with E-state index in [9.17, 15) is 0 Å². The predicted octanol–water partition coefficient (Wildman–Crippen LogP) is 4.07. The monoisotopic (exact) mass is 252 g/mol. The molecule has 0 radical (unpaired) electrons. The van der Waals surface area contributed by atoms with Gasteiger partial charge in [-0.2, -0.15) is 0 Å². The fraction of sp³-hybridized carbons (Fsp3) is 0.786. The van der Waals surface area contributed by atoms with Crippen LogP contribution in [0.1, 0.15) is 61.9 Å². The molecule has 96 valence electrons. The van der Waals surface area contributed by atoms with Gasteiger partial charge in [-0.1, -0.05) is 26.2 Å². The van der Waals surface area contributed by atoms with E-state index in [2.05, 4.69) is 31.1 Å². The first-order chi connectivity index (χ1) is 8.19. The van der Waals surface area contributed by atoms with Crippen LogP contribution in [0, 0.1) is 12.8 Å². The molecule has 3 atom stereocenters. The molecule has 2 rings (SSSR count). The van der Waals surface area contributed by atoms with E-state index < -0.39 is 0 Å². The Kier molecular flexibility index (Phi) is 4.57. The summed E-state index contributed by atoms with van der Waals surface area (Å²) in [5, 5.41) is 5.00. The number of rotatable bonds is 4. The minimum atomic E-state index is 0.411. The van der Waals surface area contributed by atoms with Crippen LogP contribution in [-0.2, 0) is 0 Å². The Morgan fingerprint density at radius 1 is 1.53 bits per heavy atom. The van der Waals surface area contributed by atoms with Gasteiger partial charge < -0.3 is 5.32 Å². The van der Waals surface area contributed by atoms with Crippen molar-refractivity contribution in [2.45, 2.75) is 65.0 Å². The van der Waals surface area contributed by atoms with E-state index in [1.54, 1.807) is 0 Å². The first kappa shape index (κ1) is 13.0. The van der Waals surface area contributed by atoms with Crippen LogP contribution in [0.2, 0.25) is 0 Å². The van der Waals surface area contributed by atoms with Crippen LogP contribution in [0.5, 0.6) is 0 Å². The van der Waals surface area contributed by atoms with Crippen LogP contribution in [0.3, 0.4) is 0 Å². The summed E-state index contributed by atoms with van der Waals surface area (Å²) in [6, 6.07) is 1.11. The second-order valence-corrected chi connectivity index (χ2v) is 6.60. The second-order valence-electron chi connectivity index (χ2n) is 5.34. The molecule has 1 fully saturated rings. The summed E-state index contributed by atoms with van der Waals surface area (Å²) >= 11 is 1.82. The van der Waals surface area contributed by atoms with Crippen molar-refractivity contribution in [3.63, 3.8) is 0 Å². The number of aromatic nitrogens is 1. The maximum absolute atomic E-state index is 4.48. The Labute approximate surface area is 109 Å². The fourth-order valence-corrected chi connectivity index (χ4v) is 3.60. The first-order valence-corrected chi connectivity index (χ1v) is 7.69. The molecule has 3 heteroatoms. The third-order valence-corrected chi connectivity index (χ3v) is 4.95. The largest absolute Gasteiger partial charge is 0.305 e. The summed E-state index contributed by atoms with van der Waals surface area (Å²) in [5.74, 6) is 0.937. The highest BCUT2D eigenvalue weighted by molar-refractivity contribution is 7.11. The molecule has 1 N–H and O–H groups in total. The summed E-state index contributed by atoms with van der Waals surface area (Å²) in [6.45, 7) is 6.69. The zero-order chi connectivity index (χ0) is 12.3. The van der Waals surface area contributed by atoms with Crippen molar-refractivity contribution in [2.75, 3.05) is 0 Å². The van der Waals surface area contributed by atoms with Gasteiger partial charge in [0.05, 0.1) is 6.04 Å². The molecule has 3 unspecified atom stereocenters. The van der Waals surface area contributed by atoms with Crippen LogP contribution < -0.4 is 5.32 Å². The van der Waals surface area contributed by atoms with Crippen LogP contribution >= 0.6 is 11.3 Å². The molecule has 1 aliphatic carbocycles. The molecular weight excluding hydrogens is 228 g/mol. The molecule has 1 aromatic rings. The lowest BCUT2D eigenvalue weighted by molar-refractivity contribution is 0.266. The van der Waals surface area contributed by atoms with Crippen molar-refractivity contribution in [3.8, 4) is 0 Å². The Bertz CT molecular complexity index is 348. The molecule has 1 saturated carbocycles. The molecule has 1 heterocycles. The van der Waals surface area contributed by atoms with Gasteiger partial charge in [0, 0.05) is 17.1 Å². The highest BCUT2D eigenvalue weighted by Gasteiger charge is 2.22. The van der Waals surface area contributed by atoms with Gasteiger partial charge >= 0.3 is 0 Å². The van der Waals surface area contributed by atoms with Gasteiger partial charge in [0.15, 0.2) is 0 Å². The lowest BCUT2D eigenvalue weighted by Crippen LogP contribution is -2.35. The van der Waals surface area contributed by atoms with Gasteiger partial charge in [-0.3, -0.25) is 0 Å². The zero-order valence-electron chi connectivity index (χ0n) is 11.2. The van der Waals surface area contributed by atoms with Gasteiger partial charge in [-0.15, -0.1) is 11.3 Å². The van der Waals surface area contributed by atoms with Gasteiger partial charge in [0.1, 0.15) is 5.01 Å². The summed E-state index contributed by atoms with van der Waals surface area (Å²) in [5.41, 5.74) is 0. The third kappa shape index (κ3) is 3.52. The van der Waals surface area contributed by atoms with E-state index in [4.69, 9.17) is 0 Å². The van der Waals surface area contributed by atoms with Gasteiger partial charge in [-0.05, 0) is 32.6 Å². The van der Waals surface area contributed by atoms with Gasteiger partial charge in [0.25, 0.3) is 0 Å². The van der Waals surface area contributed by atoms with Crippen LogP contribution in [-0.4, -0.2) is 11.0 Å². The number of nitrogens with zero attached hydrogens (tertiary/aromatic N) is 1. The van der Waals surface area contributed by atoms with E-state index in [-0.39, 0.29) is 0 Å². The molecule has 0 spiro atoms. The molecule has 17 heavy (non-hydrogen) atoms. The van der Waals surface area contributed by atoms with Crippen molar-refractivity contribution in [1.29, 1.82) is 0 Å². The molecule has 0 aromatic carbocycles. The summed E-state index contributed by atoms with van der Waals surface area (Å²) in [6.07, 6.45) is 8.83. The van der Waals surface area contributed by atoms with Crippen LogP contribution in [0.25, 0.3) is 0 Å². The van der Waals surface area contributed by atoms with E-state index in [0.717, 1.165) is 5.92 Å². The minimum Gasteiger partial charge on any atom is -0.305 e. The van der Waals surface area contributed by atoms with Crippen molar-refractivity contribution < 1.29 is 0 Å². The lowest BCUT2D eigenvalue weighted by atomic mass is 9.84. The molecule has 2 nitrogen and oxygen atoms in total. The smallest absolute Gasteiger partial charge is 0.109 e. The third-order valence-electron chi connectivity index (χ3n) is 3.86. The number of thiazole rings is 1. The van der Waals surface area contributed by atoms with Crippen molar-refractivity contribution >= 4 is 11.3 Å². The van der Waals surface area contributed by atoms with E-state index in [1.165, 1.54) is 42.0 Å². The molecule has 0 amide bonds. The molecule has 1 aliphatic rings. The molecule has 1 aromatic heterocycles. The second kappa shape index (κ2) is 5.96. The summed E-state index contributed by atoms with van der Waals surface area (Å²) in [7, 11) is 0. The molecule has 0 aliphatic heterocycles. The first-order valence-electron chi connectivity index (χ1n) is 6.87. The van der Waals surface area contributed by atoms with Crippen LogP contribution in [0.4, 0.5) is 0 Å². The highest BCUT2D eigenvalue weighted by Crippen LogP contribution is 2.28. The number of aryl methyl sites for hydroxylation is 1. The molecule has 0 bridgehead atoms. The summed E-state index contributed by atoms with van der Waals surface area (Å²) in [4.78, 5) is 5.79. The average molecular weight is 252 g/mol. The van der Waals surface area contributed by atoms with E-state index in [0.29, 0.717) is 12.1 Å². The van der Waals surface area contributed by atoms with Gasteiger partial charge in [0.2, 0.25) is 0 Å². The SMILES string of the molecule is CCC1CCCC(NC(C)c2ncc(C)s2)C1. The van der Waals surface area contributed by atoms with Crippen LogP contribution in [0.15, 0.2) is 6.20 Å². The normalized spacial score (nSPS) is 27.0. The Morgan fingerprint density at radius 2 is 2.35 bits per heavy atom. The van der Waals surface area contributed by atoms with E-state index >= 15 is 0 Å². The van der Waals surface area contributed by atoms with Gasteiger partial charge in [-0.25, -0.2) is 4.98 Å². The maximum atomic E-state index is 4.48. The quantitative estimate of drug-likeness (QED) is 0.873. The zero-order valence-corrected chi connectivity index (χ0v) is 12.0. The van der Waals surface area contributed by atoms with Crippen molar-refractivity contribution in [3.05, 3.63) is 16.1 Å².